The van der Waals surface area contributed by atoms with Gasteiger partial charge in [-0.25, -0.2) is 0 Å². The van der Waals surface area contributed by atoms with Gasteiger partial charge in [0.25, 0.3) is 5.91 Å². The predicted molar refractivity (Wildman–Crippen MR) is 83.2 cm³/mol. The van der Waals surface area contributed by atoms with Crippen molar-refractivity contribution >= 4 is 5.91 Å². The number of ether oxygens (including phenoxy) is 1. The van der Waals surface area contributed by atoms with E-state index in [2.05, 4.69) is 19.2 Å². The molecule has 0 unspecified atom stereocenters. The van der Waals surface area contributed by atoms with Gasteiger partial charge in [-0.05, 0) is 43.5 Å². The van der Waals surface area contributed by atoms with Crippen LogP contribution in [0.3, 0.4) is 0 Å². The number of amides is 1. The molecule has 0 spiro atoms. The van der Waals surface area contributed by atoms with E-state index < -0.39 is 0 Å². The third-order valence-electron chi connectivity index (χ3n) is 3.45. The lowest BCUT2D eigenvalue weighted by molar-refractivity contribution is -0.123. The van der Waals surface area contributed by atoms with Gasteiger partial charge in [-0.2, -0.15) is 0 Å². The lowest BCUT2D eigenvalue weighted by Gasteiger charge is -2.09. The first-order valence-electron chi connectivity index (χ1n) is 7.60. The molecule has 0 radical (unpaired) electrons. The number of hydrogen-bond acceptors (Lipinski definition) is 2. The fourth-order valence-corrected chi connectivity index (χ4v) is 1.96. The normalized spacial score (nSPS) is 10.3. The smallest absolute Gasteiger partial charge is 0.257 e. The summed E-state index contributed by atoms with van der Waals surface area (Å²) < 4.78 is 5.49. The Labute approximate surface area is 122 Å². The van der Waals surface area contributed by atoms with Crippen molar-refractivity contribution in [2.45, 2.75) is 52.9 Å². The van der Waals surface area contributed by atoms with Crippen LogP contribution in [0.5, 0.6) is 5.75 Å². The monoisotopic (exact) mass is 277 g/mol. The third-order valence-corrected chi connectivity index (χ3v) is 3.45. The minimum Gasteiger partial charge on any atom is -0.484 e. The summed E-state index contributed by atoms with van der Waals surface area (Å²) in [7, 11) is 0. The zero-order valence-corrected chi connectivity index (χ0v) is 13.0. The van der Waals surface area contributed by atoms with Crippen LogP contribution in [0, 0.1) is 13.8 Å². The van der Waals surface area contributed by atoms with Crippen molar-refractivity contribution in [1.29, 1.82) is 0 Å². The molecule has 0 aliphatic rings. The molecule has 1 rings (SSSR count). The highest BCUT2D eigenvalue weighted by molar-refractivity contribution is 5.77. The van der Waals surface area contributed by atoms with E-state index in [0.717, 1.165) is 18.7 Å². The second-order valence-corrected chi connectivity index (χ2v) is 5.30. The zero-order valence-electron chi connectivity index (χ0n) is 13.0. The van der Waals surface area contributed by atoms with Crippen molar-refractivity contribution in [3.05, 3.63) is 29.3 Å². The number of carbonyl (C=O) groups excluding carboxylic acids is 1. The molecule has 0 aromatic heterocycles. The molecule has 20 heavy (non-hydrogen) atoms. The molecule has 0 heterocycles. The lowest BCUT2D eigenvalue weighted by Crippen LogP contribution is -2.29. The molecule has 3 nitrogen and oxygen atoms in total. The number of hydrogen-bond donors (Lipinski definition) is 1. The summed E-state index contributed by atoms with van der Waals surface area (Å²) in [6.07, 6.45) is 6.02. The van der Waals surface area contributed by atoms with Gasteiger partial charge in [-0.3, -0.25) is 4.79 Å². The second-order valence-electron chi connectivity index (χ2n) is 5.30. The van der Waals surface area contributed by atoms with Crippen molar-refractivity contribution in [1.82, 2.24) is 5.32 Å². The largest absolute Gasteiger partial charge is 0.484 e. The number of unbranched alkanes of at least 4 members (excludes halogenated alkanes) is 4. The molecule has 0 aliphatic heterocycles. The Balaban J connectivity index is 2.15. The fraction of sp³-hybridized carbons (Fsp3) is 0.588. The molecule has 0 aliphatic carbocycles. The van der Waals surface area contributed by atoms with Gasteiger partial charge >= 0.3 is 0 Å². The van der Waals surface area contributed by atoms with Crippen LogP contribution in [0.1, 0.15) is 50.2 Å². The minimum atomic E-state index is -0.0429. The van der Waals surface area contributed by atoms with E-state index in [1.54, 1.807) is 0 Å². The Morgan fingerprint density at radius 1 is 1.10 bits per heavy atom. The summed E-state index contributed by atoms with van der Waals surface area (Å²) in [5.41, 5.74) is 2.41. The molecule has 1 aromatic carbocycles. The van der Waals surface area contributed by atoms with Crippen molar-refractivity contribution in [2.75, 3.05) is 13.2 Å². The summed E-state index contributed by atoms with van der Waals surface area (Å²) >= 11 is 0. The highest BCUT2D eigenvalue weighted by atomic mass is 16.5. The van der Waals surface area contributed by atoms with E-state index in [-0.39, 0.29) is 12.5 Å². The van der Waals surface area contributed by atoms with Crippen LogP contribution in [0.4, 0.5) is 0 Å². The number of nitrogens with one attached hydrogen (secondary N) is 1. The first kappa shape index (κ1) is 16.5. The topological polar surface area (TPSA) is 38.3 Å². The van der Waals surface area contributed by atoms with Gasteiger partial charge in [0, 0.05) is 6.54 Å². The average molecular weight is 277 g/mol. The van der Waals surface area contributed by atoms with E-state index >= 15 is 0 Å². The lowest BCUT2D eigenvalue weighted by atomic mass is 10.1. The van der Waals surface area contributed by atoms with Gasteiger partial charge in [-0.1, -0.05) is 38.7 Å². The number of benzene rings is 1. The Hall–Kier alpha value is -1.51. The van der Waals surface area contributed by atoms with E-state index in [0.29, 0.717) is 0 Å². The first-order chi connectivity index (χ1) is 9.63. The van der Waals surface area contributed by atoms with Crippen LogP contribution in [0.15, 0.2) is 18.2 Å². The Morgan fingerprint density at radius 3 is 2.55 bits per heavy atom. The summed E-state index contributed by atoms with van der Waals surface area (Å²) in [5.74, 6) is 0.713. The summed E-state index contributed by atoms with van der Waals surface area (Å²) in [4.78, 5) is 11.6. The van der Waals surface area contributed by atoms with Crippen LogP contribution in [-0.4, -0.2) is 19.1 Å². The van der Waals surface area contributed by atoms with Crippen LogP contribution in [0.2, 0.25) is 0 Å². The van der Waals surface area contributed by atoms with E-state index in [1.165, 1.54) is 36.8 Å². The van der Waals surface area contributed by atoms with Gasteiger partial charge in [0.2, 0.25) is 0 Å². The first-order valence-corrected chi connectivity index (χ1v) is 7.60. The maximum atomic E-state index is 11.6. The Kier molecular flexibility index (Phi) is 7.78. The van der Waals surface area contributed by atoms with Crippen LogP contribution in [-0.2, 0) is 4.79 Å². The van der Waals surface area contributed by atoms with E-state index in [1.807, 2.05) is 25.1 Å². The predicted octanol–water partition coefficient (Wildman–Crippen LogP) is 3.77. The number of aryl methyl sites for hydroxylation is 2. The maximum Gasteiger partial charge on any atom is 0.257 e. The summed E-state index contributed by atoms with van der Waals surface area (Å²) in [5, 5.41) is 2.89. The van der Waals surface area contributed by atoms with E-state index in [9.17, 15) is 4.79 Å². The SMILES string of the molecule is CCCCCCCNC(=O)COc1ccc(C)c(C)c1. The molecule has 1 N–H and O–H groups in total. The molecular weight excluding hydrogens is 250 g/mol. The molecule has 0 saturated carbocycles. The van der Waals surface area contributed by atoms with Crippen molar-refractivity contribution < 1.29 is 9.53 Å². The quantitative estimate of drug-likeness (QED) is 0.698. The standard InChI is InChI=1S/C17H27NO2/c1-4-5-6-7-8-11-18-17(19)13-20-16-10-9-14(2)15(3)12-16/h9-10,12H,4-8,11,13H2,1-3H3,(H,18,19). The Morgan fingerprint density at radius 2 is 1.85 bits per heavy atom. The third kappa shape index (κ3) is 6.60. The van der Waals surface area contributed by atoms with E-state index in [4.69, 9.17) is 4.74 Å². The average Bonchev–Trinajstić information content (AvgIpc) is 2.44. The van der Waals surface area contributed by atoms with Gasteiger partial charge in [-0.15, -0.1) is 0 Å². The van der Waals surface area contributed by atoms with Gasteiger partial charge in [0.15, 0.2) is 6.61 Å². The van der Waals surface area contributed by atoms with Gasteiger partial charge < -0.3 is 10.1 Å². The molecular formula is C17H27NO2. The van der Waals surface area contributed by atoms with Crippen LogP contribution < -0.4 is 10.1 Å². The summed E-state index contributed by atoms with van der Waals surface area (Å²) in [6, 6.07) is 5.88. The fourth-order valence-electron chi connectivity index (χ4n) is 1.96. The zero-order chi connectivity index (χ0) is 14.8. The molecule has 112 valence electrons. The summed E-state index contributed by atoms with van der Waals surface area (Å²) in [6.45, 7) is 7.14. The highest BCUT2D eigenvalue weighted by Crippen LogP contribution is 2.16. The molecule has 0 fully saturated rings. The van der Waals surface area contributed by atoms with Crippen molar-refractivity contribution in [3.63, 3.8) is 0 Å². The molecule has 0 atom stereocenters. The van der Waals surface area contributed by atoms with Crippen LogP contribution >= 0.6 is 0 Å². The molecule has 1 amide bonds. The minimum absolute atomic E-state index is 0.0429. The Bertz CT molecular complexity index is 415. The van der Waals surface area contributed by atoms with Crippen LogP contribution in [0.25, 0.3) is 0 Å². The van der Waals surface area contributed by atoms with Crippen molar-refractivity contribution in [2.24, 2.45) is 0 Å². The number of rotatable bonds is 9. The van der Waals surface area contributed by atoms with Crippen molar-refractivity contribution in [3.8, 4) is 5.75 Å². The molecule has 1 aromatic rings. The van der Waals surface area contributed by atoms with Gasteiger partial charge in [0.05, 0.1) is 0 Å². The molecule has 0 bridgehead atoms. The highest BCUT2D eigenvalue weighted by Gasteiger charge is 2.03. The van der Waals surface area contributed by atoms with Gasteiger partial charge in [0.1, 0.15) is 5.75 Å². The molecule has 0 saturated heterocycles. The number of carbonyl (C=O) groups is 1. The molecule has 3 heteroatoms. The second kappa shape index (κ2) is 9.40. The maximum absolute atomic E-state index is 11.6.